The van der Waals surface area contributed by atoms with Gasteiger partial charge in [0.15, 0.2) is 0 Å². The van der Waals surface area contributed by atoms with E-state index in [1.54, 1.807) is 0 Å². The molecule has 2 atom stereocenters. The molecule has 2 unspecified atom stereocenters. The van der Waals surface area contributed by atoms with Crippen LogP contribution < -0.4 is 4.74 Å². The summed E-state index contributed by atoms with van der Waals surface area (Å²) in [6, 6.07) is 9.07. The van der Waals surface area contributed by atoms with Gasteiger partial charge in [-0.2, -0.15) is 0 Å². The summed E-state index contributed by atoms with van der Waals surface area (Å²) >= 11 is 0. The number of rotatable bonds is 9. The lowest BCUT2D eigenvalue weighted by molar-refractivity contribution is 0.193. The van der Waals surface area contributed by atoms with Crippen molar-refractivity contribution in [3.8, 4) is 5.75 Å². The average Bonchev–Trinajstić information content (AvgIpc) is 2.73. The Labute approximate surface area is 168 Å². The molecule has 0 spiro atoms. The Hall–Kier alpha value is -0.980. The quantitative estimate of drug-likeness (QED) is 0.399. The summed E-state index contributed by atoms with van der Waals surface area (Å²) < 4.78 is 6.07. The minimum atomic E-state index is 0.781. The third kappa shape index (κ3) is 6.26. The molecular weight excluding hydrogens is 328 g/mol. The molecule has 2 fully saturated rings. The molecular formula is C26H42O. The molecule has 0 heterocycles. The number of hydrogen-bond donors (Lipinski definition) is 0. The van der Waals surface area contributed by atoms with Crippen LogP contribution in [0.2, 0.25) is 0 Å². The fraction of sp³-hybridized carbons (Fsp3) is 0.769. The molecule has 0 saturated heterocycles. The van der Waals surface area contributed by atoms with Crippen molar-refractivity contribution in [2.24, 2.45) is 17.8 Å². The maximum Gasteiger partial charge on any atom is 0.119 e. The second-order valence-corrected chi connectivity index (χ2v) is 9.28. The summed E-state index contributed by atoms with van der Waals surface area (Å²) in [5.41, 5.74) is 1.53. The second-order valence-electron chi connectivity index (χ2n) is 9.28. The predicted molar refractivity (Wildman–Crippen MR) is 117 cm³/mol. The van der Waals surface area contributed by atoms with Gasteiger partial charge in [0, 0.05) is 0 Å². The smallest absolute Gasteiger partial charge is 0.119 e. The molecule has 0 bridgehead atoms. The van der Waals surface area contributed by atoms with Crippen molar-refractivity contribution in [3.05, 3.63) is 29.8 Å². The summed E-state index contributed by atoms with van der Waals surface area (Å²) in [4.78, 5) is 0. The van der Waals surface area contributed by atoms with E-state index in [4.69, 9.17) is 4.74 Å². The lowest BCUT2D eigenvalue weighted by Gasteiger charge is -2.31. The highest BCUT2D eigenvalue weighted by molar-refractivity contribution is 5.29. The van der Waals surface area contributed by atoms with Gasteiger partial charge in [-0.25, -0.2) is 0 Å². The van der Waals surface area contributed by atoms with Gasteiger partial charge >= 0.3 is 0 Å². The zero-order valence-electron chi connectivity index (χ0n) is 17.9. The van der Waals surface area contributed by atoms with Crippen LogP contribution in [0.3, 0.4) is 0 Å². The van der Waals surface area contributed by atoms with Gasteiger partial charge in [0.05, 0.1) is 6.61 Å². The van der Waals surface area contributed by atoms with E-state index in [1.165, 1.54) is 89.0 Å². The molecule has 3 rings (SSSR count). The topological polar surface area (TPSA) is 9.23 Å². The van der Waals surface area contributed by atoms with Crippen molar-refractivity contribution in [1.29, 1.82) is 0 Å². The van der Waals surface area contributed by atoms with Gasteiger partial charge < -0.3 is 4.74 Å². The predicted octanol–water partition coefficient (Wildman–Crippen LogP) is 8.14. The first kappa shape index (κ1) is 20.7. The second kappa shape index (κ2) is 11.1. The maximum atomic E-state index is 6.07. The van der Waals surface area contributed by atoms with Crippen molar-refractivity contribution >= 4 is 0 Å². The van der Waals surface area contributed by atoms with Crippen LogP contribution in [0.5, 0.6) is 5.75 Å². The van der Waals surface area contributed by atoms with Gasteiger partial charge in [0.1, 0.15) is 5.75 Å². The van der Waals surface area contributed by atoms with Crippen molar-refractivity contribution < 1.29 is 4.74 Å². The van der Waals surface area contributed by atoms with Crippen LogP contribution in [-0.2, 0) is 0 Å². The van der Waals surface area contributed by atoms with E-state index in [2.05, 4.69) is 38.1 Å². The highest BCUT2D eigenvalue weighted by Crippen LogP contribution is 2.38. The fourth-order valence-corrected chi connectivity index (χ4v) is 5.69. The Balaban J connectivity index is 1.37. The van der Waals surface area contributed by atoms with E-state index in [0.29, 0.717) is 0 Å². The highest BCUT2D eigenvalue weighted by Gasteiger charge is 2.24. The summed E-state index contributed by atoms with van der Waals surface area (Å²) in [6.45, 7) is 5.57. The van der Waals surface area contributed by atoms with Crippen molar-refractivity contribution in [1.82, 2.24) is 0 Å². The van der Waals surface area contributed by atoms with Gasteiger partial charge in [0.2, 0.25) is 0 Å². The molecule has 0 aliphatic heterocycles. The molecule has 152 valence electrons. The van der Waals surface area contributed by atoms with Crippen LogP contribution >= 0.6 is 0 Å². The normalized spacial score (nSPS) is 28.8. The largest absolute Gasteiger partial charge is 0.494 e. The summed E-state index contributed by atoms with van der Waals surface area (Å²) in [5.74, 6) is 4.78. The van der Waals surface area contributed by atoms with Gasteiger partial charge in [0.25, 0.3) is 0 Å². The minimum absolute atomic E-state index is 0.781. The monoisotopic (exact) mass is 370 g/mol. The lowest BCUT2D eigenvalue weighted by Crippen LogP contribution is -2.20. The first-order chi connectivity index (χ1) is 13.3. The van der Waals surface area contributed by atoms with E-state index in [1.807, 2.05) is 0 Å². The molecule has 0 N–H and O–H groups in total. The minimum Gasteiger partial charge on any atom is -0.494 e. The third-order valence-corrected chi connectivity index (χ3v) is 7.49. The molecule has 2 aliphatic rings. The number of ether oxygens (including phenoxy) is 1. The number of hydrogen-bond acceptors (Lipinski definition) is 1. The SMILES string of the molecule is CCCC1CCCCC1CCCOc1ccc(C2CCC(CC)CC2)cc1. The Morgan fingerprint density at radius 2 is 1.48 bits per heavy atom. The first-order valence-electron chi connectivity index (χ1n) is 12.0. The van der Waals surface area contributed by atoms with Crippen LogP contribution in [0, 0.1) is 17.8 Å². The summed E-state index contributed by atoms with van der Waals surface area (Å²) in [7, 11) is 0. The van der Waals surface area contributed by atoms with Crippen LogP contribution in [0.1, 0.15) is 109 Å². The van der Waals surface area contributed by atoms with E-state index >= 15 is 0 Å². The summed E-state index contributed by atoms with van der Waals surface area (Å²) in [6.07, 6.45) is 18.2. The van der Waals surface area contributed by atoms with E-state index in [9.17, 15) is 0 Å². The van der Waals surface area contributed by atoms with Crippen LogP contribution in [0.15, 0.2) is 24.3 Å². The summed E-state index contributed by atoms with van der Waals surface area (Å²) in [5, 5.41) is 0. The zero-order chi connectivity index (χ0) is 18.9. The fourth-order valence-electron chi connectivity index (χ4n) is 5.69. The molecule has 0 radical (unpaired) electrons. The maximum absolute atomic E-state index is 6.07. The third-order valence-electron chi connectivity index (χ3n) is 7.49. The van der Waals surface area contributed by atoms with E-state index in [0.717, 1.165) is 36.0 Å². The average molecular weight is 371 g/mol. The zero-order valence-corrected chi connectivity index (χ0v) is 17.9. The van der Waals surface area contributed by atoms with Crippen LogP contribution in [-0.4, -0.2) is 6.61 Å². The van der Waals surface area contributed by atoms with Crippen LogP contribution in [0.4, 0.5) is 0 Å². The number of benzene rings is 1. The Kier molecular flexibility index (Phi) is 8.55. The molecule has 1 aromatic carbocycles. The molecule has 1 aromatic rings. The van der Waals surface area contributed by atoms with Crippen molar-refractivity contribution in [2.45, 2.75) is 103 Å². The van der Waals surface area contributed by atoms with E-state index < -0.39 is 0 Å². The van der Waals surface area contributed by atoms with Crippen molar-refractivity contribution in [2.75, 3.05) is 6.61 Å². The molecule has 1 nitrogen and oxygen atoms in total. The highest BCUT2D eigenvalue weighted by atomic mass is 16.5. The Morgan fingerprint density at radius 1 is 0.815 bits per heavy atom. The molecule has 27 heavy (non-hydrogen) atoms. The lowest BCUT2D eigenvalue weighted by atomic mass is 9.75. The molecule has 0 amide bonds. The molecule has 2 aliphatic carbocycles. The Morgan fingerprint density at radius 3 is 2.11 bits per heavy atom. The van der Waals surface area contributed by atoms with Crippen LogP contribution in [0.25, 0.3) is 0 Å². The molecule has 0 aromatic heterocycles. The first-order valence-corrected chi connectivity index (χ1v) is 12.0. The molecule has 2 saturated carbocycles. The van der Waals surface area contributed by atoms with Gasteiger partial charge in [-0.3, -0.25) is 0 Å². The standard InChI is InChI=1S/C26H42O/c1-3-8-22-9-5-6-10-23(22)11-7-20-27-26-18-16-25(17-19-26)24-14-12-21(4-2)13-15-24/h16-19,21-24H,3-15,20H2,1-2H3. The molecule has 1 heteroatoms. The van der Waals surface area contributed by atoms with Gasteiger partial charge in [-0.05, 0) is 79.9 Å². The van der Waals surface area contributed by atoms with Gasteiger partial charge in [-0.15, -0.1) is 0 Å². The Bertz CT molecular complexity index is 510. The van der Waals surface area contributed by atoms with Crippen molar-refractivity contribution in [3.63, 3.8) is 0 Å². The van der Waals surface area contributed by atoms with Gasteiger partial charge in [-0.1, -0.05) is 70.9 Å². The van der Waals surface area contributed by atoms with E-state index in [-0.39, 0.29) is 0 Å².